The standard InChI is InChI=1S/C45H33BrN2/c1-45(2)41-19-11-9-17-37(41)38-24-22-35(29-42(38)45)47(33-13-5-3-6-14-33)36-26-31(25-32(46)28-36)30-21-23-40-39-18-10-12-20-43(39)48(44(40)27-30)34-15-7-4-8-16-34/h3-29H,1-2H3. The fourth-order valence-corrected chi connectivity index (χ4v) is 8.21. The molecule has 9 rings (SSSR count). The Morgan fingerprint density at radius 2 is 1.17 bits per heavy atom. The van der Waals surface area contributed by atoms with E-state index >= 15 is 0 Å². The van der Waals surface area contributed by atoms with Gasteiger partial charge in [-0.15, -0.1) is 0 Å². The van der Waals surface area contributed by atoms with Crippen LogP contribution >= 0.6 is 15.9 Å². The Kier molecular flexibility index (Phi) is 6.67. The van der Waals surface area contributed by atoms with Gasteiger partial charge in [0.2, 0.25) is 0 Å². The predicted molar refractivity (Wildman–Crippen MR) is 206 cm³/mol. The smallest absolute Gasteiger partial charge is 0.0547 e. The van der Waals surface area contributed by atoms with Gasteiger partial charge in [0, 0.05) is 43.4 Å². The molecule has 230 valence electrons. The van der Waals surface area contributed by atoms with E-state index in [2.05, 4.69) is 203 Å². The fraction of sp³-hybridized carbons (Fsp3) is 0.0667. The molecule has 1 aromatic heterocycles. The molecule has 0 aliphatic heterocycles. The summed E-state index contributed by atoms with van der Waals surface area (Å²) in [6.07, 6.45) is 0. The highest BCUT2D eigenvalue weighted by Crippen LogP contribution is 2.51. The van der Waals surface area contributed by atoms with Gasteiger partial charge in [0.1, 0.15) is 0 Å². The Morgan fingerprint density at radius 1 is 0.479 bits per heavy atom. The molecule has 0 bridgehead atoms. The second-order valence-corrected chi connectivity index (χ2v) is 14.1. The molecule has 48 heavy (non-hydrogen) atoms. The van der Waals surface area contributed by atoms with Gasteiger partial charge in [-0.1, -0.05) is 127 Å². The first kappa shape index (κ1) is 28.8. The number of aromatic nitrogens is 1. The molecule has 0 amide bonds. The van der Waals surface area contributed by atoms with Crippen LogP contribution in [0, 0.1) is 0 Å². The number of fused-ring (bicyclic) bond motifs is 6. The molecule has 0 unspecified atom stereocenters. The van der Waals surface area contributed by atoms with Crippen LogP contribution in [-0.2, 0) is 5.41 Å². The molecular weight excluding hydrogens is 648 g/mol. The van der Waals surface area contributed by atoms with Crippen molar-refractivity contribution >= 4 is 54.8 Å². The van der Waals surface area contributed by atoms with Crippen LogP contribution < -0.4 is 4.90 Å². The molecule has 0 saturated heterocycles. The van der Waals surface area contributed by atoms with Crippen LogP contribution in [0.1, 0.15) is 25.0 Å². The number of hydrogen-bond donors (Lipinski definition) is 0. The molecule has 0 spiro atoms. The molecule has 1 heterocycles. The molecule has 0 fully saturated rings. The summed E-state index contributed by atoms with van der Waals surface area (Å²) in [6.45, 7) is 4.69. The summed E-state index contributed by atoms with van der Waals surface area (Å²) < 4.78 is 3.42. The van der Waals surface area contributed by atoms with E-state index in [1.165, 1.54) is 49.6 Å². The summed E-state index contributed by atoms with van der Waals surface area (Å²) in [5.41, 5.74) is 14.6. The van der Waals surface area contributed by atoms with E-state index in [-0.39, 0.29) is 5.41 Å². The van der Waals surface area contributed by atoms with Gasteiger partial charge in [-0.2, -0.15) is 0 Å². The Morgan fingerprint density at radius 3 is 2.00 bits per heavy atom. The number of hydrogen-bond acceptors (Lipinski definition) is 1. The molecule has 0 N–H and O–H groups in total. The lowest BCUT2D eigenvalue weighted by Gasteiger charge is -2.28. The highest BCUT2D eigenvalue weighted by atomic mass is 79.9. The second-order valence-electron chi connectivity index (χ2n) is 13.2. The van der Waals surface area contributed by atoms with Gasteiger partial charge < -0.3 is 9.47 Å². The molecule has 0 atom stereocenters. The summed E-state index contributed by atoms with van der Waals surface area (Å²) in [6, 6.07) is 59.5. The molecule has 7 aromatic carbocycles. The zero-order valence-corrected chi connectivity index (χ0v) is 28.4. The van der Waals surface area contributed by atoms with E-state index in [1.54, 1.807) is 0 Å². The first-order chi connectivity index (χ1) is 23.5. The van der Waals surface area contributed by atoms with Crippen molar-refractivity contribution in [3.8, 4) is 27.9 Å². The van der Waals surface area contributed by atoms with E-state index in [9.17, 15) is 0 Å². The lowest BCUT2D eigenvalue weighted by molar-refractivity contribution is 0.660. The maximum atomic E-state index is 3.91. The van der Waals surface area contributed by atoms with Gasteiger partial charge in [0.05, 0.1) is 11.0 Å². The van der Waals surface area contributed by atoms with Crippen LogP contribution in [0.25, 0.3) is 49.7 Å². The van der Waals surface area contributed by atoms with E-state index in [1.807, 2.05) is 0 Å². The lowest BCUT2D eigenvalue weighted by Crippen LogP contribution is -2.16. The van der Waals surface area contributed by atoms with Crippen molar-refractivity contribution in [1.82, 2.24) is 4.57 Å². The highest BCUT2D eigenvalue weighted by molar-refractivity contribution is 9.10. The van der Waals surface area contributed by atoms with Gasteiger partial charge in [-0.25, -0.2) is 0 Å². The molecule has 1 aliphatic rings. The zero-order valence-electron chi connectivity index (χ0n) is 26.9. The van der Waals surface area contributed by atoms with E-state index < -0.39 is 0 Å². The number of nitrogens with zero attached hydrogens (tertiary/aromatic N) is 2. The normalized spacial score (nSPS) is 13.1. The fourth-order valence-electron chi connectivity index (χ4n) is 7.73. The van der Waals surface area contributed by atoms with Gasteiger partial charge in [0.25, 0.3) is 0 Å². The third-order valence-electron chi connectivity index (χ3n) is 10.0. The van der Waals surface area contributed by atoms with Gasteiger partial charge >= 0.3 is 0 Å². The lowest BCUT2D eigenvalue weighted by atomic mass is 9.82. The largest absolute Gasteiger partial charge is 0.310 e. The van der Waals surface area contributed by atoms with Gasteiger partial charge in [-0.05, 0) is 100 Å². The topological polar surface area (TPSA) is 8.17 Å². The van der Waals surface area contributed by atoms with Crippen molar-refractivity contribution < 1.29 is 0 Å². The number of halogens is 1. The molecule has 3 heteroatoms. The minimum Gasteiger partial charge on any atom is -0.310 e. The Bertz CT molecular complexity index is 2490. The van der Waals surface area contributed by atoms with Crippen molar-refractivity contribution in [2.45, 2.75) is 19.3 Å². The SMILES string of the molecule is CC1(C)c2ccccc2-c2ccc(N(c3ccccc3)c3cc(Br)cc(-c4ccc5c6ccccc6n(-c6ccccc6)c5c4)c3)cc21. The van der Waals surface area contributed by atoms with E-state index in [0.717, 1.165) is 32.8 Å². The van der Waals surface area contributed by atoms with Gasteiger partial charge in [-0.3, -0.25) is 0 Å². The van der Waals surface area contributed by atoms with Crippen LogP contribution in [0.5, 0.6) is 0 Å². The second kappa shape index (κ2) is 11.1. The predicted octanol–water partition coefficient (Wildman–Crippen LogP) is 13.0. The summed E-state index contributed by atoms with van der Waals surface area (Å²) in [4.78, 5) is 2.38. The maximum Gasteiger partial charge on any atom is 0.0547 e. The molecular formula is C45H33BrN2. The minimum atomic E-state index is -0.0840. The van der Waals surface area contributed by atoms with E-state index in [4.69, 9.17) is 0 Å². The first-order valence-electron chi connectivity index (χ1n) is 16.5. The maximum absolute atomic E-state index is 3.91. The summed E-state index contributed by atoms with van der Waals surface area (Å²) >= 11 is 3.91. The third kappa shape index (κ3) is 4.53. The van der Waals surface area contributed by atoms with Crippen LogP contribution in [0.15, 0.2) is 168 Å². The van der Waals surface area contributed by atoms with Crippen molar-refractivity contribution in [3.63, 3.8) is 0 Å². The highest BCUT2D eigenvalue weighted by Gasteiger charge is 2.35. The number of anilines is 3. The van der Waals surface area contributed by atoms with Crippen molar-refractivity contribution in [1.29, 1.82) is 0 Å². The average molecular weight is 682 g/mol. The molecule has 1 aliphatic carbocycles. The Labute approximate surface area is 289 Å². The Hall–Kier alpha value is -5.38. The summed E-state index contributed by atoms with van der Waals surface area (Å²) in [5.74, 6) is 0. The molecule has 0 radical (unpaired) electrons. The number of benzene rings is 7. The minimum absolute atomic E-state index is 0.0840. The molecule has 8 aromatic rings. The van der Waals surface area contributed by atoms with E-state index in [0.29, 0.717) is 0 Å². The molecule has 0 saturated carbocycles. The third-order valence-corrected chi connectivity index (χ3v) is 10.5. The van der Waals surface area contributed by atoms with Crippen molar-refractivity contribution in [2.75, 3.05) is 4.90 Å². The van der Waals surface area contributed by atoms with Crippen molar-refractivity contribution in [3.05, 3.63) is 179 Å². The van der Waals surface area contributed by atoms with Crippen LogP contribution in [-0.4, -0.2) is 4.57 Å². The Balaban J connectivity index is 1.22. The average Bonchev–Trinajstić information content (AvgIpc) is 3.57. The van der Waals surface area contributed by atoms with Gasteiger partial charge in [0.15, 0.2) is 0 Å². The summed E-state index contributed by atoms with van der Waals surface area (Å²) in [7, 11) is 0. The first-order valence-corrected chi connectivity index (χ1v) is 17.3. The monoisotopic (exact) mass is 680 g/mol. The zero-order chi connectivity index (χ0) is 32.4. The quantitative estimate of drug-likeness (QED) is 0.176. The van der Waals surface area contributed by atoms with Crippen molar-refractivity contribution in [2.24, 2.45) is 0 Å². The van der Waals surface area contributed by atoms with Crippen LogP contribution in [0.4, 0.5) is 17.1 Å². The summed E-state index contributed by atoms with van der Waals surface area (Å²) in [5, 5.41) is 2.51. The number of rotatable bonds is 5. The van der Waals surface area contributed by atoms with Crippen LogP contribution in [0.3, 0.4) is 0 Å². The van der Waals surface area contributed by atoms with Crippen LogP contribution in [0.2, 0.25) is 0 Å². The number of para-hydroxylation sites is 3. The molecule has 2 nitrogen and oxygen atoms in total.